The molecule has 28 heavy (non-hydrogen) atoms. The van der Waals surface area contributed by atoms with Crippen molar-refractivity contribution in [2.75, 3.05) is 36.4 Å². The van der Waals surface area contributed by atoms with Gasteiger partial charge < -0.3 is 15.1 Å². The van der Waals surface area contributed by atoms with Crippen LogP contribution in [0.4, 0.5) is 11.6 Å². The summed E-state index contributed by atoms with van der Waals surface area (Å²) in [5.74, 6) is 0.197. The van der Waals surface area contributed by atoms with Gasteiger partial charge in [-0.15, -0.1) is 0 Å². The van der Waals surface area contributed by atoms with Gasteiger partial charge in [0.15, 0.2) is 0 Å². The largest absolute Gasteiger partial charge is 0.342 e. The Morgan fingerprint density at radius 2 is 1.89 bits per heavy atom. The minimum absolute atomic E-state index is 0.299. The van der Waals surface area contributed by atoms with E-state index in [4.69, 9.17) is 0 Å². The number of nitrogens with one attached hydrogen (secondary N) is 1. The fourth-order valence-electron chi connectivity index (χ4n) is 3.23. The molecule has 8 nitrogen and oxygen atoms in total. The van der Waals surface area contributed by atoms with E-state index in [9.17, 15) is 9.59 Å². The van der Waals surface area contributed by atoms with Crippen LogP contribution in [0.3, 0.4) is 0 Å². The molecule has 3 heterocycles. The standard InChI is InChI=1S/C20H20N6O2/c1-14-12-17(24-20(22-14)26-10-8-25(13-27)9-11-26)19(28)23-16-6-2-4-15-5-3-7-21-18(15)16/h2-7,12-13H,8-11H2,1H3,(H,23,28). The molecule has 1 fully saturated rings. The highest BCUT2D eigenvalue weighted by Crippen LogP contribution is 2.21. The number of amides is 2. The zero-order valence-electron chi connectivity index (χ0n) is 15.5. The molecule has 3 aromatic rings. The van der Waals surface area contributed by atoms with Crippen molar-refractivity contribution in [1.29, 1.82) is 0 Å². The van der Waals surface area contributed by atoms with Gasteiger partial charge in [-0.3, -0.25) is 14.6 Å². The van der Waals surface area contributed by atoms with E-state index < -0.39 is 0 Å². The van der Waals surface area contributed by atoms with Crippen molar-refractivity contribution >= 4 is 34.9 Å². The quantitative estimate of drug-likeness (QED) is 0.699. The summed E-state index contributed by atoms with van der Waals surface area (Å²) in [4.78, 5) is 40.7. The van der Waals surface area contributed by atoms with Crippen LogP contribution in [-0.4, -0.2) is 58.3 Å². The summed E-state index contributed by atoms with van der Waals surface area (Å²) in [6, 6.07) is 11.1. The molecule has 0 aliphatic carbocycles. The second-order valence-corrected chi connectivity index (χ2v) is 6.66. The first kappa shape index (κ1) is 17.8. The lowest BCUT2D eigenvalue weighted by molar-refractivity contribution is -0.118. The molecule has 0 spiro atoms. The third kappa shape index (κ3) is 3.62. The lowest BCUT2D eigenvalue weighted by Crippen LogP contribution is -2.46. The summed E-state index contributed by atoms with van der Waals surface area (Å²) in [6.07, 6.45) is 2.55. The van der Waals surface area contributed by atoms with Crippen LogP contribution in [0.2, 0.25) is 0 Å². The minimum atomic E-state index is -0.309. The normalized spacial score (nSPS) is 14.2. The molecule has 0 atom stereocenters. The maximum Gasteiger partial charge on any atom is 0.274 e. The van der Waals surface area contributed by atoms with E-state index in [0.717, 1.165) is 17.3 Å². The molecule has 1 aliphatic heterocycles. The highest BCUT2D eigenvalue weighted by atomic mass is 16.2. The number of rotatable bonds is 4. The van der Waals surface area contributed by atoms with Crippen molar-refractivity contribution in [3.8, 4) is 0 Å². The van der Waals surface area contributed by atoms with Crippen molar-refractivity contribution in [2.45, 2.75) is 6.92 Å². The first-order valence-electron chi connectivity index (χ1n) is 9.09. The average molecular weight is 376 g/mol. The van der Waals surface area contributed by atoms with E-state index >= 15 is 0 Å². The van der Waals surface area contributed by atoms with Crippen LogP contribution in [0.5, 0.6) is 0 Å². The molecule has 8 heteroatoms. The number of aryl methyl sites for hydroxylation is 1. The highest BCUT2D eigenvalue weighted by Gasteiger charge is 2.20. The van der Waals surface area contributed by atoms with Gasteiger partial charge >= 0.3 is 0 Å². The molecule has 4 rings (SSSR count). The van der Waals surface area contributed by atoms with Gasteiger partial charge in [0.25, 0.3) is 5.91 Å². The summed E-state index contributed by atoms with van der Waals surface area (Å²) in [5, 5.41) is 3.86. The molecule has 1 aromatic carbocycles. The number of carbonyl (C=O) groups excluding carboxylic acids is 2. The third-order valence-electron chi connectivity index (χ3n) is 4.70. The predicted molar refractivity (Wildman–Crippen MR) is 106 cm³/mol. The van der Waals surface area contributed by atoms with Crippen molar-refractivity contribution in [3.05, 3.63) is 54.0 Å². The Labute approximate surface area is 162 Å². The molecule has 1 N–H and O–H groups in total. The maximum absolute atomic E-state index is 12.8. The number of carbonyl (C=O) groups is 2. The Balaban J connectivity index is 1.58. The third-order valence-corrected chi connectivity index (χ3v) is 4.70. The SMILES string of the molecule is Cc1cc(C(=O)Nc2cccc3cccnc23)nc(N2CCN(C=O)CC2)n1. The molecule has 0 radical (unpaired) electrons. The number of piperazine rings is 1. The van der Waals surface area contributed by atoms with Crippen LogP contribution in [0.15, 0.2) is 42.6 Å². The molecule has 142 valence electrons. The Morgan fingerprint density at radius 3 is 2.68 bits per heavy atom. The Bertz CT molecular complexity index is 1020. The molecule has 1 saturated heterocycles. The van der Waals surface area contributed by atoms with Crippen molar-refractivity contribution in [3.63, 3.8) is 0 Å². The van der Waals surface area contributed by atoms with Crippen LogP contribution in [0, 0.1) is 6.92 Å². The van der Waals surface area contributed by atoms with E-state index in [-0.39, 0.29) is 5.91 Å². The number of hydrogen-bond donors (Lipinski definition) is 1. The zero-order chi connectivity index (χ0) is 19.5. The highest BCUT2D eigenvalue weighted by molar-refractivity contribution is 6.07. The van der Waals surface area contributed by atoms with Gasteiger partial charge in [-0.05, 0) is 25.1 Å². The summed E-state index contributed by atoms with van der Waals surface area (Å²) in [5.41, 5.74) is 2.38. The molecule has 0 bridgehead atoms. The second kappa shape index (κ2) is 7.59. The Kier molecular flexibility index (Phi) is 4.84. The van der Waals surface area contributed by atoms with Gasteiger partial charge in [0.05, 0.1) is 11.2 Å². The fourth-order valence-corrected chi connectivity index (χ4v) is 3.23. The van der Waals surface area contributed by atoms with E-state index in [1.807, 2.05) is 42.2 Å². The van der Waals surface area contributed by atoms with Gasteiger partial charge in [0, 0.05) is 43.5 Å². The Hall–Kier alpha value is -3.55. The van der Waals surface area contributed by atoms with Gasteiger partial charge in [-0.2, -0.15) is 0 Å². The fraction of sp³-hybridized carbons (Fsp3) is 0.250. The van der Waals surface area contributed by atoms with E-state index in [0.29, 0.717) is 49.2 Å². The molecule has 2 aromatic heterocycles. The summed E-state index contributed by atoms with van der Waals surface area (Å²) in [7, 11) is 0. The molecule has 0 saturated carbocycles. The summed E-state index contributed by atoms with van der Waals surface area (Å²) in [6.45, 7) is 4.34. The maximum atomic E-state index is 12.8. The number of aromatic nitrogens is 3. The number of pyridine rings is 1. The van der Waals surface area contributed by atoms with Gasteiger partial charge in [-0.25, -0.2) is 9.97 Å². The molecule has 2 amide bonds. The summed E-state index contributed by atoms with van der Waals surface area (Å²) < 4.78 is 0. The number of hydrogen-bond acceptors (Lipinski definition) is 6. The molecular formula is C20H20N6O2. The number of anilines is 2. The zero-order valence-corrected chi connectivity index (χ0v) is 15.5. The first-order chi connectivity index (χ1) is 13.6. The minimum Gasteiger partial charge on any atom is -0.342 e. The van der Waals surface area contributed by atoms with Crippen molar-refractivity contribution in [1.82, 2.24) is 19.9 Å². The Morgan fingerprint density at radius 1 is 1.11 bits per heavy atom. The van der Waals surface area contributed by atoms with Crippen molar-refractivity contribution < 1.29 is 9.59 Å². The van der Waals surface area contributed by atoms with E-state index in [1.54, 1.807) is 17.2 Å². The lowest BCUT2D eigenvalue weighted by Gasteiger charge is -2.32. The molecule has 0 unspecified atom stereocenters. The van der Waals surface area contributed by atoms with Crippen LogP contribution in [0.25, 0.3) is 10.9 Å². The lowest BCUT2D eigenvalue weighted by atomic mass is 10.2. The van der Waals surface area contributed by atoms with Crippen molar-refractivity contribution in [2.24, 2.45) is 0 Å². The first-order valence-corrected chi connectivity index (χ1v) is 9.09. The second-order valence-electron chi connectivity index (χ2n) is 6.66. The number of fused-ring (bicyclic) bond motifs is 1. The van der Waals surface area contributed by atoms with Crippen LogP contribution in [0.1, 0.15) is 16.2 Å². The van der Waals surface area contributed by atoms with Crippen LogP contribution in [-0.2, 0) is 4.79 Å². The number of nitrogens with zero attached hydrogens (tertiary/aromatic N) is 5. The predicted octanol–water partition coefficient (Wildman–Crippen LogP) is 1.86. The average Bonchev–Trinajstić information content (AvgIpc) is 2.73. The smallest absolute Gasteiger partial charge is 0.274 e. The number of benzene rings is 1. The van der Waals surface area contributed by atoms with Crippen LogP contribution >= 0.6 is 0 Å². The number of para-hydroxylation sites is 1. The molecule has 1 aliphatic rings. The van der Waals surface area contributed by atoms with Crippen LogP contribution < -0.4 is 10.2 Å². The topological polar surface area (TPSA) is 91.3 Å². The van der Waals surface area contributed by atoms with Gasteiger partial charge in [0.1, 0.15) is 5.69 Å². The van der Waals surface area contributed by atoms with Gasteiger partial charge in [0.2, 0.25) is 12.4 Å². The monoisotopic (exact) mass is 376 g/mol. The van der Waals surface area contributed by atoms with E-state index in [2.05, 4.69) is 20.3 Å². The van der Waals surface area contributed by atoms with E-state index in [1.165, 1.54) is 0 Å². The summed E-state index contributed by atoms with van der Waals surface area (Å²) >= 11 is 0. The van der Waals surface area contributed by atoms with Gasteiger partial charge in [-0.1, -0.05) is 18.2 Å². The molecular weight excluding hydrogens is 356 g/mol.